The highest BCUT2D eigenvalue weighted by Gasteiger charge is 2.23. The maximum absolute atomic E-state index is 5.86. The first kappa shape index (κ1) is 17.7. The summed E-state index contributed by atoms with van der Waals surface area (Å²) in [5, 5.41) is 0. The van der Waals surface area contributed by atoms with Gasteiger partial charge in [-0.3, -0.25) is 0 Å². The molecule has 0 saturated carbocycles. The molecular formula is C17H34O. The lowest BCUT2D eigenvalue weighted by Gasteiger charge is -2.31. The normalized spacial score (nSPS) is 14.6. The summed E-state index contributed by atoms with van der Waals surface area (Å²) >= 11 is 0. The molecule has 0 rings (SSSR count). The SMILES string of the molecule is C=CC(C)C(C)(C)CCCCC(C)(C)OCCC. The van der Waals surface area contributed by atoms with Crippen LogP contribution in [0.15, 0.2) is 12.7 Å². The number of unbranched alkanes of at least 4 members (excludes halogenated alkanes) is 1. The van der Waals surface area contributed by atoms with E-state index in [0.29, 0.717) is 11.3 Å². The molecule has 1 nitrogen and oxygen atoms in total. The molecule has 0 aromatic heterocycles. The second-order valence-corrected chi connectivity index (χ2v) is 6.83. The molecule has 0 heterocycles. The van der Waals surface area contributed by atoms with Crippen molar-refractivity contribution in [1.29, 1.82) is 0 Å². The number of hydrogen-bond donors (Lipinski definition) is 0. The molecule has 0 aromatic carbocycles. The molecule has 0 fully saturated rings. The van der Waals surface area contributed by atoms with Crippen LogP contribution in [0.25, 0.3) is 0 Å². The summed E-state index contributed by atoms with van der Waals surface area (Å²) in [7, 11) is 0. The van der Waals surface area contributed by atoms with Crippen molar-refractivity contribution in [3.63, 3.8) is 0 Å². The van der Waals surface area contributed by atoms with Crippen LogP contribution in [-0.4, -0.2) is 12.2 Å². The van der Waals surface area contributed by atoms with Gasteiger partial charge in [0.05, 0.1) is 5.60 Å². The summed E-state index contributed by atoms with van der Waals surface area (Å²) in [4.78, 5) is 0. The van der Waals surface area contributed by atoms with E-state index in [1.165, 1.54) is 19.3 Å². The molecule has 0 aliphatic rings. The molecule has 0 saturated heterocycles. The number of rotatable bonds is 10. The van der Waals surface area contributed by atoms with Gasteiger partial charge in [0, 0.05) is 6.61 Å². The standard InChI is InChI=1S/C17H34O/c1-8-14-18-17(6,7)13-11-10-12-16(4,5)15(3)9-2/h9,15H,2,8,10-14H2,1,3-7H3. The van der Waals surface area contributed by atoms with E-state index in [4.69, 9.17) is 4.74 Å². The van der Waals surface area contributed by atoms with Crippen molar-refractivity contribution in [2.24, 2.45) is 11.3 Å². The summed E-state index contributed by atoms with van der Waals surface area (Å²) in [5.41, 5.74) is 0.417. The van der Waals surface area contributed by atoms with Crippen molar-refractivity contribution in [1.82, 2.24) is 0 Å². The van der Waals surface area contributed by atoms with E-state index in [2.05, 4.69) is 54.2 Å². The van der Waals surface area contributed by atoms with Crippen molar-refractivity contribution < 1.29 is 4.74 Å². The average Bonchev–Trinajstić information content (AvgIpc) is 2.31. The highest BCUT2D eigenvalue weighted by molar-refractivity contribution is 4.87. The molecule has 1 atom stereocenters. The third kappa shape index (κ3) is 7.20. The zero-order valence-corrected chi connectivity index (χ0v) is 13.5. The Labute approximate surface area is 115 Å². The fourth-order valence-corrected chi connectivity index (χ4v) is 2.13. The van der Waals surface area contributed by atoms with Crippen molar-refractivity contribution >= 4 is 0 Å². The Kier molecular flexibility index (Phi) is 7.86. The van der Waals surface area contributed by atoms with Gasteiger partial charge in [-0.25, -0.2) is 0 Å². The van der Waals surface area contributed by atoms with Crippen LogP contribution >= 0.6 is 0 Å². The van der Waals surface area contributed by atoms with Crippen molar-refractivity contribution in [2.75, 3.05) is 6.61 Å². The van der Waals surface area contributed by atoms with Crippen molar-refractivity contribution in [3.05, 3.63) is 12.7 Å². The monoisotopic (exact) mass is 254 g/mol. The van der Waals surface area contributed by atoms with E-state index < -0.39 is 0 Å². The zero-order chi connectivity index (χ0) is 14.2. The van der Waals surface area contributed by atoms with Crippen LogP contribution in [0.1, 0.15) is 73.6 Å². The number of hydrogen-bond acceptors (Lipinski definition) is 1. The summed E-state index contributed by atoms with van der Waals surface area (Å²) < 4.78 is 5.86. The maximum atomic E-state index is 5.86. The Bertz CT molecular complexity index is 228. The van der Waals surface area contributed by atoms with E-state index in [1.807, 2.05) is 0 Å². The smallest absolute Gasteiger partial charge is 0.0626 e. The van der Waals surface area contributed by atoms with Gasteiger partial charge in [-0.15, -0.1) is 6.58 Å². The van der Waals surface area contributed by atoms with E-state index >= 15 is 0 Å². The first-order valence-electron chi connectivity index (χ1n) is 7.51. The third-order valence-corrected chi connectivity index (χ3v) is 4.13. The van der Waals surface area contributed by atoms with Crippen LogP contribution in [-0.2, 0) is 4.74 Å². The van der Waals surface area contributed by atoms with Gasteiger partial charge in [0.2, 0.25) is 0 Å². The summed E-state index contributed by atoms with van der Waals surface area (Å²) in [6.07, 6.45) is 8.14. The van der Waals surface area contributed by atoms with E-state index in [1.54, 1.807) is 0 Å². The fourth-order valence-electron chi connectivity index (χ4n) is 2.13. The third-order valence-electron chi connectivity index (χ3n) is 4.13. The quantitative estimate of drug-likeness (QED) is 0.364. The molecule has 0 bridgehead atoms. The summed E-state index contributed by atoms with van der Waals surface area (Å²) in [5.74, 6) is 0.585. The van der Waals surface area contributed by atoms with Gasteiger partial charge in [-0.2, -0.15) is 0 Å². The van der Waals surface area contributed by atoms with Gasteiger partial charge in [0.25, 0.3) is 0 Å². The van der Waals surface area contributed by atoms with Gasteiger partial charge in [-0.1, -0.05) is 46.6 Å². The van der Waals surface area contributed by atoms with Crippen molar-refractivity contribution in [2.45, 2.75) is 79.2 Å². The van der Waals surface area contributed by atoms with Crippen LogP contribution in [0.3, 0.4) is 0 Å². The first-order chi connectivity index (χ1) is 8.25. The second kappa shape index (κ2) is 7.99. The molecule has 18 heavy (non-hydrogen) atoms. The summed E-state index contributed by atoms with van der Waals surface area (Å²) in [6.45, 7) is 18.3. The molecule has 1 unspecified atom stereocenters. The Morgan fingerprint density at radius 2 is 1.67 bits per heavy atom. The molecule has 0 spiro atoms. The predicted molar refractivity (Wildman–Crippen MR) is 81.9 cm³/mol. The van der Waals surface area contributed by atoms with Crippen LogP contribution in [0.4, 0.5) is 0 Å². The van der Waals surface area contributed by atoms with Gasteiger partial charge in [0.15, 0.2) is 0 Å². The minimum atomic E-state index is 0.0458. The molecule has 108 valence electrons. The minimum absolute atomic E-state index is 0.0458. The molecule has 0 aromatic rings. The van der Waals surface area contributed by atoms with Gasteiger partial charge < -0.3 is 4.74 Å². The Hall–Kier alpha value is -0.300. The maximum Gasteiger partial charge on any atom is 0.0626 e. The zero-order valence-electron chi connectivity index (χ0n) is 13.5. The predicted octanol–water partition coefficient (Wildman–Crippen LogP) is 5.60. The largest absolute Gasteiger partial charge is 0.376 e. The number of allylic oxidation sites excluding steroid dienone is 1. The van der Waals surface area contributed by atoms with E-state index in [9.17, 15) is 0 Å². The topological polar surface area (TPSA) is 9.23 Å². The first-order valence-corrected chi connectivity index (χ1v) is 7.51. The number of ether oxygens (including phenoxy) is 1. The lowest BCUT2D eigenvalue weighted by Crippen LogP contribution is -2.25. The molecule has 0 aliphatic heterocycles. The molecule has 0 N–H and O–H groups in total. The minimum Gasteiger partial charge on any atom is -0.376 e. The lowest BCUT2D eigenvalue weighted by molar-refractivity contribution is -0.0250. The molecule has 0 aliphatic carbocycles. The van der Waals surface area contributed by atoms with Crippen LogP contribution in [0.2, 0.25) is 0 Å². The molecule has 1 heteroatoms. The van der Waals surface area contributed by atoms with E-state index in [-0.39, 0.29) is 5.60 Å². The Morgan fingerprint density at radius 1 is 1.11 bits per heavy atom. The van der Waals surface area contributed by atoms with Crippen molar-refractivity contribution in [3.8, 4) is 0 Å². The average molecular weight is 254 g/mol. The lowest BCUT2D eigenvalue weighted by atomic mass is 9.76. The molecule has 0 amide bonds. The molecular weight excluding hydrogens is 220 g/mol. The highest BCUT2D eigenvalue weighted by atomic mass is 16.5. The second-order valence-electron chi connectivity index (χ2n) is 6.83. The highest BCUT2D eigenvalue weighted by Crippen LogP contribution is 2.33. The Morgan fingerprint density at radius 3 is 2.17 bits per heavy atom. The fraction of sp³-hybridized carbons (Fsp3) is 0.882. The van der Waals surface area contributed by atoms with Gasteiger partial charge in [0.1, 0.15) is 0 Å². The van der Waals surface area contributed by atoms with Gasteiger partial charge in [-0.05, 0) is 44.4 Å². The van der Waals surface area contributed by atoms with Crippen LogP contribution < -0.4 is 0 Å². The van der Waals surface area contributed by atoms with Crippen LogP contribution in [0.5, 0.6) is 0 Å². The Balaban J connectivity index is 3.88. The summed E-state index contributed by atoms with van der Waals surface area (Å²) in [6, 6.07) is 0. The van der Waals surface area contributed by atoms with Crippen LogP contribution in [0, 0.1) is 11.3 Å². The molecule has 0 radical (unpaired) electrons. The van der Waals surface area contributed by atoms with E-state index in [0.717, 1.165) is 19.4 Å². The van der Waals surface area contributed by atoms with Gasteiger partial charge >= 0.3 is 0 Å².